The molecule has 1 spiro atoms. The maximum absolute atomic E-state index is 11.6. The van der Waals surface area contributed by atoms with E-state index in [1.54, 1.807) is 0 Å². The zero-order chi connectivity index (χ0) is 20.7. The predicted octanol–water partition coefficient (Wildman–Crippen LogP) is 3.35. The molecular formula is C22H24N6O2. The van der Waals surface area contributed by atoms with Gasteiger partial charge in [0.2, 0.25) is 0 Å². The Bertz CT molecular complexity index is 1130. The van der Waals surface area contributed by atoms with Crippen LogP contribution in [0.15, 0.2) is 36.7 Å². The number of H-pyrrole nitrogens is 1. The van der Waals surface area contributed by atoms with Crippen LogP contribution in [-0.2, 0) is 4.74 Å². The molecule has 154 valence electrons. The van der Waals surface area contributed by atoms with E-state index in [1.165, 1.54) is 6.21 Å². The van der Waals surface area contributed by atoms with Crippen molar-refractivity contribution in [1.29, 1.82) is 5.41 Å². The van der Waals surface area contributed by atoms with Crippen LogP contribution in [0.1, 0.15) is 18.4 Å². The van der Waals surface area contributed by atoms with Crippen LogP contribution in [-0.4, -0.2) is 54.6 Å². The molecule has 2 aliphatic rings. The zero-order valence-corrected chi connectivity index (χ0v) is 16.8. The number of fused-ring (bicyclic) bond motifs is 1. The topological polar surface area (TPSA) is 106 Å². The summed E-state index contributed by atoms with van der Waals surface area (Å²) in [6, 6.07) is 8.13. The minimum atomic E-state index is -0.389. The number of ether oxygens (including phenoxy) is 1. The summed E-state index contributed by atoms with van der Waals surface area (Å²) in [5, 5.41) is 14.8. The Balaban J connectivity index is 1.56. The number of amides is 1. The molecule has 0 atom stereocenters. The van der Waals surface area contributed by atoms with Gasteiger partial charge in [0.25, 0.3) is 0 Å². The second-order valence-electron chi connectivity index (χ2n) is 7.87. The Morgan fingerprint density at radius 2 is 2.13 bits per heavy atom. The molecule has 0 unspecified atom stereocenters. The van der Waals surface area contributed by atoms with Crippen molar-refractivity contribution in [2.24, 2.45) is 0 Å². The Kier molecular flexibility index (Phi) is 4.34. The van der Waals surface area contributed by atoms with Gasteiger partial charge >= 0.3 is 6.09 Å². The van der Waals surface area contributed by atoms with Crippen molar-refractivity contribution in [2.45, 2.75) is 18.4 Å². The second-order valence-corrected chi connectivity index (χ2v) is 7.87. The number of hydrogen-bond acceptors (Lipinski definition) is 6. The molecule has 8 nitrogen and oxygen atoms in total. The first-order chi connectivity index (χ1) is 14.6. The number of nitrogens with one attached hydrogen (secondary N) is 4. The summed E-state index contributed by atoms with van der Waals surface area (Å²) < 4.78 is 5.59. The van der Waals surface area contributed by atoms with E-state index in [-0.39, 0.29) is 11.7 Å². The molecule has 1 aromatic carbocycles. The number of nitrogens with zero attached hydrogens (tertiary/aromatic N) is 2. The van der Waals surface area contributed by atoms with E-state index in [0.717, 1.165) is 65.0 Å². The molecule has 2 aliphatic heterocycles. The van der Waals surface area contributed by atoms with Gasteiger partial charge in [-0.15, -0.1) is 0 Å². The van der Waals surface area contributed by atoms with E-state index in [2.05, 4.69) is 37.6 Å². The molecule has 2 aromatic heterocycles. The summed E-state index contributed by atoms with van der Waals surface area (Å²) in [5.74, 6) is 0. The monoisotopic (exact) mass is 404 g/mol. The smallest absolute Gasteiger partial charge is 0.407 e. The Morgan fingerprint density at radius 3 is 2.83 bits per heavy atom. The number of piperidine rings is 1. The number of aromatic nitrogens is 2. The molecule has 2 fully saturated rings. The number of aromatic amines is 1. The first-order valence-electron chi connectivity index (χ1n) is 10.1. The summed E-state index contributed by atoms with van der Waals surface area (Å²) in [5.41, 5.74) is 5.39. The molecule has 4 N–H and O–H groups in total. The highest BCUT2D eigenvalue weighted by atomic mass is 16.6. The quantitative estimate of drug-likeness (QED) is 0.499. The summed E-state index contributed by atoms with van der Waals surface area (Å²) >= 11 is 0. The van der Waals surface area contributed by atoms with Gasteiger partial charge < -0.3 is 30.7 Å². The van der Waals surface area contributed by atoms with Gasteiger partial charge in [-0.05, 0) is 23.8 Å². The summed E-state index contributed by atoms with van der Waals surface area (Å²) in [6.07, 6.45) is 6.42. The number of carbonyl (C=O) groups excluding carboxylic acids is 1. The van der Waals surface area contributed by atoms with E-state index in [9.17, 15) is 4.79 Å². The number of benzene rings is 1. The van der Waals surface area contributed by atoms with Gasteiger partial charge in [-0.2, -0.15) is 0 Å². The van der Waals surface area contributed by atoms with Crippen LogP contribution < -0.4 is 15.5 Å². The lowest BCUT2D eigenvalue weighted by atomic mass is 9.90. The highest BCUT2D eigenvalue weighted by molar-refractivity contribution is 6.00. The summed E-state index contributed by atoms with van der Waals surface area (Å²) in [6.45, 7) is 2.16. The molecular weight excluding hydrogens is 380 g/mol. The van der Waals surface area contributed by atoms with Crippen LogP contribution in [0.25, 0.3) is 22.2 Å². The van der Waals surface area contributed by atoms with Crippen molar-refractivity contribution in [3.8, 4) is 11.1 Å². The molecule has 8 heteroatoms. The molecule has 0 aliphatic carbocycles. The third-order valence-electron chi connectivity index (χ3n) is 6.20. The number of alkyl carbamates (subject to hydrolysis) is 1. The van der Waals surface area contributed by atoms with Crippen LogP contribution >= 0.6 is 0 Å². The fraction of sp³-hybridized carbons (Fsp3) is 0.318. The molecule has 5 rings (SSSR count). The first kappa shape index (κ1) is 18.5. The highest BCUT2D eigenvalue weighted by Gasteiger charge is 2.43. The van der Waals surface area contributed by atoms with Crippen LogP contribution in [0, 0.1) is 5.41 Å². The lowest BCUT2D eigenvalue weighted by Gasteiger charge is -2.39. The first-order valence-corrected chi connectivity index (χ1v) is 10.1. The van der Waals surface area contributed by atoms with Gasteiger partial charge in [0.1, 0.15) is 11.2 Å². The number of anilines is 2. The van der Waals surface area contributed by atoms with E-state index in [4.69, 9.17) is 10.1 Å². The maximum Gasteiger partial charge on any atom is 0.407 e. The molecule has 0 radical (unpaired) electrons. The van der Waals surface area contributed by atoms with E-state index in [1.807, 2.05) is 31.6 Å². The molecule has 2 saturated heterocycles. The lowest BCUT2D eigenvalue weighted by Crippen LogP contribution is -2.46. The largest absolute Gasteiger partial charge is 0.441 e. The van der Waals surface area contributed by atoms with Crippen LogP contribution in [0.5, 0.6) is 0 Å². The predicted molar refractivity (Wildman–Crippen MR) is 118 cm³/mol. The average molecular weight is 404 g/mol. The second kappa shape index (κ2) is 7.05. The standard InChI is InChI=1S/C22H24N6O2/c1-24-18-3-2-14(10-15(18)11-23)17-12-26-20-16(4-7-25-20)19(17)28-8-5-22(6-9-28)13-27-21(29)30-22/h2-4,7,10-12,23-24H,5-6,8-9,13H2,1H3,(H,25,26)(H,27,29). The Hall–Kier alpha value is -3.55. The molecule has 0 bridgehead atoms. The van der Waals surface area contributed by atoms with E-state index in [0.29, 0.717) is 6.54 Å². The zero-order valence-electron chi connectivity index (χ0n) is 16.8. The fourth-order valence-corrected chi connectivity index (χ4v) is 4.54. The SMILES string of the molecule is CNc1ccc(-c2cnc3[nH]ccc3c2N2CCC3(CC2)CNC(=O)O3)cc1C=N. The minimum absolute atomic E-state index is 0.315. The van der Waals surface area contributed by atoms with Gasteiger partial charge in [-0.3, -0.25) is 0 Å². The molecule has 0 saturated carbocycles. The third-order valence-corrected chi connectivity index (χ3v) is 6.20. The van der Waals surface area contributed by atoms with Gasteiger partial charge in [0.05, 0.1) is 12.2 Å². The lowest BCUT2D eigenvalue weighted by molar-refractivity contribution is 0.0367. The normalized spacial score (nSPS) is 17.8. The third kappa shape index (κ3) is 2.96. The fourth-order valence-electron chi connectivity index (χ4n) is 4.54. The number of hydrogen-bond donors (Lipinski definition) is 4. The van der Waals surface area contributed by atoms with Gasteiger partial charge in [0, 0.05) is 73.8 Å². The number of carbonyl (C=O) groups is 1. The average Bonchev–Trinajstić information content (AvgIpc) is 3.40. The Morgan fingerprint density at radius 1 is 1.30 bits per heavy atom. The number of rotatable bonds is 4. The molecule has 4 heterocycles. The molecule has 1 amide bonds. The van der Waals surface area contributed by atoms with Crippen LogP contribution in [0.2, 0.25) is 0 Å². The van der Waals surface area contributed by atoms with E-state index >= 15 is 0 Å². The Labute approximate surface area is 174 Å². The van der Waals surface area contributed by atoms with Gasteiger partial charge in [-0.1, -0.05) is 6.07 Å². The van der Waals surface area contributed by atoms with E-state index < -0.39 is 0 Å². The number of pyridine rings is 1. The van der Waals surface area contributed by atoms with Gasteiger partial charge in [0.15, 0.2) is 0 Å². The molecule has 3 aromatic rings. The van der Waals surface area contributed by atoms with Crippen molar-refractivity contribution in [3.05, 3.63) is 42.2 Å². The summed E-state index contributed by atoms with van der Waals surface area (Å²) in [7, 11) is 1.86. The molecule has 30 heavy (non-hydrogen) atoms. The van der Waals surface area contributed by atoms with Crippen molar-refractivity contribution >= 4 is 34.7 Å². The van der Waals surface area contributed by atoms with Crippen molar-refractivity contribution in [3.63, 3.8) is 0 Å². The van der Waals surface area contributed by atoms with Crippen molar-refractivity contribution < 1.29 is 9.53 Å². The van der Waals surface area contributed by atoms with Crippen molar-refractivity contribution in [2.75, 3.05) is 36.9 Å². The van der Waals surface area contributed by atoms with Crippen molar-refractivity contribution in [1.82, 2.24) is 15.3 Å². The summed E-state index contributed by atoms with van der Waals surface area (Å²) in [4.78, 5) is 21.8. The highest BCUT2D eigenvalue weighted by Crippen LogP contribution is 2.40. The van der Waals surface area contributed by atoms with Gasteiger partial charge in [-0.25, -0.2) is 9.78 Å². The minimum Gasteiger partial charge on any atom is -0.441 e. The van der Waals surface area contributed by atoms with Crippen LogP contribution in [0.3, 0.4) is 0 Å². The van der Waals surface area contributed by atoms with Crippen LogP contribution in [0.4, 0.5) is 16.2 Å². The maximum atomic E-state index is 11.6.